The molecule has 8 aliphatic rings. The lowest BCUT2D eigenvalue weighted by molar-refractivity contribution is 0.101. The van der Waals surface area contributed by atoms with E-state index in [9.17, 15) is 19.2 Å². The third-order valence-corrected chi connectivity index (χ3v) is 28.7. The number of likely N-dealkylation sites (tertiary alicyclic amines) is 1. The summed E-state index contributed by atoms with van der Waals surface area (Å²) in [4.78, 5) is 117. The van der Waals surface area contributed by atoms with Crippen LogP contribution in [0.4, 0.5) is 63.1 Å². The van der Waals surface area contributed by atoms with Crippen LogP contribution in [0.3, 0.4) is 0 Å². The van der Waals surface area contributed by atoms with E-state index >= 15 is 0 Å². The fourth-order valence-electron chi connectivity index (χ4n) is 19.7. The number of aromatic nitrogens is 16. The second-order valence-electron chi connectivity index (χ2n) is 38.8. The topological polar surface area (TPSA) is 382 Å². The first kappa shape index (κ1) is 106. The zero-order chi connectivity index (χ0) is 99.4. The van der Waals surface area contributed by atoms with Crippen molar-refractivity contribution in [1.29, 1.82) is 0 Å². The third-order valence-electron chi connectivity index (χ3n) is 28.7. The van der Waals surface area contributed by atoms with Crippen LogP contribution in [0.1, 0.15) is 116 Å². The molecular formula is C113H138N32O5. The molecule has 780 valence electrons. The number of hydrogen-bond donors (Lipinski definition) is 8. The molecule has 16 aromatic rings. The maximum atomic E-state index is 13.2. The molecule has 37 nitrogen and oxygen atoms in total. The van der Waals surface area contributed by atoms with Crippen molar-refractivity contribution >= 4 is 130 Å². The van der Waals surface area contributed by atoms with Crippen LogP contribution in [0.25, 0.3) is 88.1 Å². The number of pyridine rings is 8. The second kappa shape index (κ2) is 48.9. The molecule has 0 saturated carbocycles. The zero-order valence-corrected chi connectivity index (χ0v) is 82.9. The molecule has 0 radical (unpaired) electrons. The number of benzene rings is 4. The molecule has 24 rings (SSSR count). The van der Waals surface area contributed by atoms with Crippen LogP contribution in [0.5, 0.6) is 0 Å². The summed E-state index contributed by atoms with van der Waals surface area (Å²) in [5.74, 6) is 2.64. The van der Waals surface area contributed by atoms with E-state index in [4.69, 9.17) is 4.74 Å². The summed E-state index contributed by atoms with van der Waals surface area (Å²) in [6.07, 6.45) is 29.4. The van der Waals surface area contributed by atoms with E-state index < -0.39 is 0 Å². The number of nitrogens with zero attached hydrogens (tertiary/aromatic N) is 24. The van der Waals surface area contributed by atoms with Crippen LogP contribution in [-0.2, 0) is 11.3 Å². The normalized spacial score (nSPS) is 16.3. The van der Waals surface area contributed by atoms with Crippen molar-refractivity contribution in [1.82, 2.24) is 105 Å². The molecule has 4 aromatic carbocycles. The Hall–Kier alpha value is -15.8. The Morgan fingerprint density at radius 3 is 0.813 bits per heavy atom. The Labute approximate surface area is 876 Å². The fraction of sp³-hybridized carbons (Fsp3) is 0.363. The number of anilines is 11. The largest absolute Gasteiger partial charge is 0.378 e. The summed E-state index contributed by atoms with van der Waals surface area (Å²) in [5.41, 5.74) is 19.9. The van der Waals surface area contributed by atoms with Crippen molar-refractivity contribution < 1.29 is 23.9 Å². The van der Waals surface area contributed by atoms with Gasteiger partial charge in [0.25, 0.3) is 23.6 Å². The van der Waals surface area contributed by atoms with Crippen molar-refractivity contribution in [2.24, 2.45) is 0 Å². The number of hydrogen-bond acceptors (Lipinski definition) is 29. The van der Waals surface area contributed by atoms with Crippen LogP contribution in [0.15, 0.2) is 220 Å². The number of piperidine rings is 1. The average Bonchev–Trinajstić information content (AvgIpc) is 1.64. The monoisotopic (exact) mass is 2020 g/mol. The third kappa shape index (κ3) is 25.1. The lowest BCUT2D eigenvalue weighted by atomic mass is 10.0. The number of H-pyrrole nitrogens is 4. The van der Waals surface area contributed by atoms with Crippen molar-refractivity contribution in [3.8, 4) is 44.5 Å². The molecule has 0 spiro atoms. The molecule has 0 unspecified atom stereocenters. The Bertz CT molecular complexity index is 7010. The van der Waals surface area contributed by atoms with Gasteiger partial charge in [-0.1, -0.05) is 54.0 Å². The summed E-state index contributed by atoms with van der Waals surface area (Å²) in [7, 11) is 8.53. The Morgan fingerprint density at radius 1 is 0.267 bits per heavy atom. The average molecular weight is 2020 g/mol. The van der Waals surface area contributed by atoms with E-state index in [0.29, 0.717) is 45.5 Å². The van der Waals surface area contributed by atoms with Gasteiger partial charge in [-0.25, -0.2) is 19.9 Å². The number of ether oxygens (including phenoxy) is 1. The first-order valence-electron chi connectivity index (χ1n) is 50.7. The number of amides is 4. The Kier molecular flexibility index (Phi) is 34.4. The Balaban J connectivity index is 0.000000135. The predicted octanol–water partition coefficient (Wildman–Crippen LogP) is 16.3. The minimum atomic E-state index is -0.280. The van der Waals surface area contributed by atoms with Gasteiger partial charge in [0.1, 0.15) is 23.3 Å². The molecule has 8 N–H and O–H groups in total. The van der Waals surface area contributed by atoms with E-state index in [-0.39, 0.29) is 53.3 Å². The maximum Gasteiger partial charge on any atom is 0.276 e. The highest BCUT2D eigenvalue weighted by Crippen LogP contribution is 2.36. The highest BCUT2D eigenvalue weighted by Gasteiger charge is 2.28. The van der Waals surface area contributed by atoms with Gasteiger partial charge < -0.3 is 79.9 Å². The number of morpholine rings is 1. The molecule has 12 aromatic heterocycles. The van der Waals surface area contributed by atoms with Gasteiger partial charge >= 0.3 is 0 Å². The standard InChI is InChI=1S/C28H32N8O.C27H30N8O2.2C27H30N8O.4CH4/c1-34-11-13-36(14-12-34)26-8-6-22(18-30-26)31-28(37)27-24-16-20(5-7-25(24)32-33-27)21-15-23(19-29-17-21)35-9-3-2-4-10-35;1-33-6-8-35(9-7-33)25-5-3-21(17-29-25)30-27(36)26-23-15-19(2-4-24(23)31-32-26)20-14-22(18-28-16-20)34-10-12-37-13-11-34;1-33-9-11-35(12-10-33)25-6-4-22(17-29-25)30-27(36)26-23-14-20(3-5-24(23)31-32-26)21-13-19(15-28-16-21)18-34-7-2-8-34;1-33-10-12-35(13-11-33)25-7-5-21(17-29-25)30-27(36)26-23-15-19(4-6-24(23)31-32-26)20-14-22(18-28-16-20)34-8-2-3-9-34;;;;/h5-8,15-19H,2-4,9-14H2,1H3,(H,31,37)(H,32,33);2-5,14-18H,6-13H2,1H3,(H,30,36)(H,31,32);3-6,13-17H,2,7-12,18H2,1H3,(H,30,36)(H,31,32);4-7,14-18H,2-3,8-13H2,1H3,(H,30,36)(H,31,32);4*1H4. The van der Waals surface area contributed by atoms with Crippen molar-refractivity contribution in [2.75, 3.05) is 254 Å². The summed E-state index contributed by atoms with van der Waals surface area (Å²) >= 11 is 0. The van der Waals surface area contributed by atoms with Gasteiger partial charge in [-0.2, -0.15) is 20.4 Å². The van der Waals surface area contributed by atoms with Crippen LogP contribution in [-0.4, -0.2) is 327 Å². The van der Waals surface area contributed by atoms with Crippen LogP contribution >= 0.6 is 0 Å². The number of rotatable bonds is 21. The molecule has 37 heteroatoms. The highest BCUT2D eigenvalue weighted by molar-refractivity contribution is 6.15. The molecule has 150 heavy (non-hydrogen) atoms. The van der Waals surface area contributed by atoms with Crippen molar-refractivity contribution in [3.63, 3.8) is 0 Å². The Morgan fingerprint density at radius 2 is 0.540 bits per heavy atom. The van der Waals surface area contributed by atoms with E-state index in [1.165, 1.54) is 44.1 Å². The molecule has 20 heterocycles. The number of piperazine rings is 4. The van der Waals surface area contributed by atoms with Gasteiger partial charge in [0.05, 0.1) is 118 Å². The highest BCUT2D eigenvalue weighted by atomic mass is 16.5. The first-order chi connectivity index (χ1) is 71.5. The van der Waals surface area contributed by atoms with Crippen LogP contribution in [0, 0.1) is 0 Å². The first-order valence-corrected chi connectivity index (χ1v) is 50.7. The van der Waals surface area contributed by atoms with E-state index in [1.807, 2.05) is 171 Å². The van der Waals surface area contributed by atoms with E-state index in [0.717, 1.165) is 305 Å². The number of carbonyl (C=O) groups is 4. The number of nitrogens with one attached hydrogen (secondary N) is 8. The quantitative estimate of drug-likeness (QED) is 0.0331. The molecule has 8 saturated heterocycles. The summed E-state index contributed by atoms with van der Waals surface area (Å²) < 4.78 is 5.47. The van der Waals surface area contributed by atoms with Gasteiger partial charge in [-0.05, 0) is 229 Å². The van der Waals surface area contributed by atoms with Crippen LogP contribution < -0.4 is 55.6 Å². The number of aromatic amines is 4. The lowest BCUT2D eigenvalue weighted by Crippen LogP contribution is -2.44. The maximum absolute atomic E-state index is 13.2. The van der Waals surface area contributed by atoms with E-state index in [2.05, 4.69) is 213 Å². The second-order valence-corrected chi connectivity index (χ2v) is 38.8. The SMILES string of the molecule is C.C.C.C.CN1CCN(c2ccc(NC(=O)c3n[nH]c4ccc(-c5cncc(CN6CCC6)c5)cc34)cn2)CC1.CN1CCN(c2ccc(NC(=O)c3n[nH]c4ccc(-c5cncc(N6CCCC6)c5)cc34)cn2)CC1.CN1CCN(c2ccc(NC(=O)c3n[nH]c4ccc(-c5cncc(N6CCCCC6)c5)cc34)cn2)CC1.CN1CCN(c2ccc(NC(=O)c3n[nH]c4ccc(-c5cncc(N6CCOCC6)c5)cc34)cn2)CC1. The zero-order valence-electron chi connectivity index (χ0n) is 82.9. The van der Waals surface area contributed by atoms with Crippen molar-refractivity contribution in [2.45, 2.75) is 74.8 Å². The lowest BCUT2D eigenvalue weighted by Gasteiger charge is -2.33. The van der Waals surface area contributed by atoms with Crippen LogP contribution in [0.2, 0.25) is 0 Å². The molecule has 0 aliphatic carbocycles. The number of fused-ring (bicyclic) bond motifs is 4. The van der Waals surface area contributed by atoms with Gasteiger partial charge in [0.2, 0.25) is 0 Å². The smallest absolute Gasteiger partial charge is 0.276 e. The van der Waals surface area contributed by atoms with Gasteiger partial charge in [-0.15, -0.1) is 0 Å². The molecule has 8 aliphatic heterocycles. The molecular weight excluding hydrogens is 1890 g/mol. The van der Waals surface area contributed by atoms with E-state index in [1.54, 1.807) is 24.8 Å². The minimum absolute atomic E-state index is 0. The van der Waals surface area contributed by atoms with Gasteiger partial charge in [0.15, 0.2) is 22.8 Å². The summed E-state index contributed by atoms with van der Waals surface area (Å²) in [6, 6.07) is 48.1. The predicted molar refractivity (Wildman–Crippen MR) is 602 cm³/mol. The molecule has 8 fully saturated rings. The summed E-state index contributed by atoms with van der Waals surface area (Å²) in [5, 5.41) is 44.1. The molecule has 0 bridgehead atoms. The summed E-state index contributed by atoms with van der Waals surface area (Å²) in [6.45, 7) is 26.4. The minimum Gasteiger partial charge on any atom is -0.378 e. The van der Waals surface area contributed by atoms with Gasteiger partial charge in [0, 0.05) is 225 Å². The number of carbonyl (C=O) groups excluding carboxylic acids is 4. The van der Waals surface area contributed by atoms with Gasteiger partial charge in [-0.3, -0.25) is 64.4 Å². The molecule has 4 amide bonds. The molecule has 0 atom stereocenters. The fourth-order valence-corrected chi connectivity index (χ4v) is 19.7. The van der Waals surface area contributed by atoms with Crippen molar-refractivity contribution in [3.05, 3.63) is 248 Å². The number of likely N-dealkylation sites (N-methyl/N-ethyl adjacent to an activating group) is 4.